The number of halogens is 1. The predicted octanol–water partition coefficient (Wildman–Crippen LogP) is 4.04. The maximum atomic E-state index is 3.46. The van der Waals surface area contributed by atoms with Crippen LogP contribution in [0.25, 0.3) is 0 Å². The van der Waals surface area contributed by atoms with Crippen LogP contribution in [-0.4, -0.2) is 6.54 Å². The van der Waals surface area contributed by atoms with Gasteiger partial charge >= 0.3 is 0 Å². The fourth-order valence-electron chi connectivity index (χ4n) is 1.29. The van der Waals surface area contributed by atoms with E-state index < -0.39 is 0 Å². The van der Waals surface area contributed by atoms with Crippen LogP contribution in [0.5, 0.6) is 0 Å². The summed E-state index contributed by atoms with van der Waals surface area (Å²) >= 11 is 5.27. The third-order valence-electron chi connectivity index (χ3n) is 2.06. The Morgan fingerprint density at radius 2 is 2.21 bits per heavy atom. The van der Waals surface area contributed by atoms with Crippen LogP contribution >= 0.6 is 27.3 Å². The number of hydrogen-bond acceptors (Lipinski definition) is 2. The molecule has 14 heavy (non-hydrogen) atoms. The van der Waals surface area contributed by atoms with Crippen LogP contribution in [0.15, 0.2) is 15.9 Å². The Labute approximate surface area is 99.0 Å². The summed E-state index contributed by atoms with van der Waals surface area (Å²) in [4.78, 5) is 1.40. The van der Waals surface area contributed by atoms with Gasteiger partial charge < -0.3 is 5.32 Å². The molecule has 1 N–H and O–H groups in total. The first kappa shape index (κ1) is 12.2. The van der Waals surface area contributed by atoms with Gasteiger partial charge in [-0.05, 0) is 53.4 Å². The van der Waals surface area contributed by atoms with Gasteiger partial charge in [-0.1, -0.05) is 13.8 Å². The molecule has 0 aliphatic heterocycles. The van der Waals surface area contributed by atoms with E-state index in [0.717, 1.165) is 19.0 Å². The van der Waals surface area contributed by atoms with E-state index in [2.05, 4.69) is 47.2 Å². The first-order valence-electron chi connectivity index (χ1n) is 5.13. The van der Waals surface area contributed by atoms with Gasteiger partial charge in [-0.3, -0.25) is 0 Å². The molecule has 1 rings (SSSR count). The van der Waals surface area contributed by atoms with Gasteiger partial charge in [0, 0.05) is 11.4 Å². The molecule has 1 heterocycles. The highest BCUT2D eigenvalue weighted by molar-refractivity contribution is 9.11. The Morgan fingerprint density at radius 3 is 2.79 bits per heavy atom. The summed E-state index contributed by atoms with van der Waals surface area (Å²) in [6, 6.07) is 4.28. The summed E-state index contributed by atoms with van der Waals surface area (Å²) in [7, 11) is 0. The third kappa shape index (κ3) is 5.13. The van der Waals surface area contributed by atoms with Crippen molar-refractivity contribution in [2.75, 3.05) is 6.54 Å². The second kappa shape index (κ2) is 6.59. The van der Waals surface area contributed by atoms with Crippen LogP contribution in [0.1, 0.15) is 31.6 Å². The Morgan fingerprint density at radius 1 is 1.43 bits per heavy atom. The maximum absolute atomic E-state index is 3.46. The topological polar surface area (TPSA) is 12.0 Å². The van der Waals surface area contributed by atoms with Crippen molar-refractivity contribution in [3.63, 3.8) is 0 Å². The molecule has 0 unspecified atom stereocenters. The lowest BCUT2D eigenvalue weighted by molar-refractivity contribution is 0.528. The van der Waals surface area contributed by atoms with E-state index in [1.165, 1.54) is 21.5 Å². The Bertz CT molecular complexity index is 258. The zero-order valence-electron chi connectivity index (χ0n) is 8.85. The van der Waals surface area contributed by atoms with Gasteiger partial charge in [-0.2, -0.15) is 0 Å². The standard InChI is InChI=1S/C11H18BrNS/c1-9(2)4-3-7-13-8-10-5-6-11(12)14-10/h5-6,9,13H,3-4,7-8H2,1-2H3. The predicted molar refractivity (Wildman–Crippen MR) is 67.8 cm³/mol. The fraction of sp³-hybridized carbons (Fsp3) is 0.636. The van der Waals surface area contributed by atoms with Crippen molar-refractivity contribution in [2.45, 2.75) is 33.2 Å². The van der Waals surface area contributed by atoms with E-state index in [9.17, 15) is 0 Å². The molecule has 0 spiro atoms. The second-order valence-electron chi connectivity index (χ2n) is 3.92. The summed E-state index contributed by atoms with van der Waals surface area (Å²) in [5.41, 5.74) is 0. The summed E-state index contributed by atoms with van der Waals surface area (Å²) in [6.45, 7) is 6.69. The van der Waals surface area contributed by atoms with Crippen molar-refractivity contribution in [2.24, 2.45) is 5.92 Å². The van der Waals surface area contributed by atoms with Gasteiger partial charge in [0.1, 0.15) is 0 Å². The second-order valence-corrected chi connectivity index (χ2v) is 6.47. The molecule has 0 saturated carbocycles. The average molecular weight is 276 g/mol. The highest BCUT2D eigenvalue weighted by Gasteiger charge is 1.97. The van der Waals surface area contributed by atoms with E-state index >= 15 is 0 Å². The Hall–Kier alpha value is 0.140. The molecule has 0 bridgehead atoms. The molecule has 1 nitrogen and oxygen atoms in total. The highest BCUT2D eigenvalue weighted by atomic mass is 79.9. The molecular formula is C11H18BrNS. The van der Waals surface area contributed by atoms with Crippen LogP contribution in [0.4, 0.5) is 0 Å². The molecular weight excluding hydrogens is 258 g/mol. The van der Waals surface area contributed by atoms with Crippen LogP contribution in [-0.2, 0) is 6.54 Å². The summed E-state index contributed by atoms with van der Waals surface area (Å²) < 4.78 is 1.22. The summed E-state index contributed by atoms with van der Waals surface area (Å²) in [6.07, 6.45) is 2.60. The van der Waals surface area contributed by atoms with Gasteiger partial charge in [-0.25, -0.2) is 0 Å². The monoisotopic (exact) mass is 275 g/mol. The molecule has 0 amide bonds. The molecule has 0 aliphatic carbocycles. The van der Waals surface area contributed by atoms with E-state index in [0.29, 0.717) is 0 Å². The number of hydrogen-bond donors (Lipinski definition) is 1. The zero-order chi connectivity index (χ0) is 10.4. The number of rotatable bonds is 6. The molecule has 0 radical (unpaired) electrons. The molecule has 1 aromatic heterocycles. The van der Waals surface area contributed by atoms with Crippen molar-refractivity contribution in [1.82, 2.24) is 5.32 Å². The molecule has 3 heteroatoms. The van der Waals surface area contributed by atoms with Crippen molar-refractivity contribution in [1.29, 1.82) is 0 Å². The first-order chi connectivity index (χ1) is 6.68. The molecule has 0 saturated heterocycles. The number of thiophene rings is 1. The van der Waals surface area contributed by atoms with Gasteiger partial charge in [-0.15, -0.1) is 11.3 Å². The maximum Gasteiger partial charge on any atom is 0.0701 e. The lowest BCUT2D eigenvalue weighted by Crippen LogP contribution is -2.14. The minimum Gasteiger partial charge on any atom is -0.312 e. The number of nitrogens with one attached hydrogen (secondary N) is 1. The van der Waals surface area contributed by atoms with E-state index in [4.69, 9.17) is 0 Å². The van der Waals surface area contributed by atoms with E-state index in [1.807, 2.05) is 0 Å². The minimum atomic E-state index is 0.827. The molecule has 1 aromatic rings. The van der Waals surface area contributed by atoms with Gasteiger partial charge in [0.15, 0.2) is 0 Å². The summed E-state index contributed by atoms with van der Waals surface area (Å²) in [5.74, 6) is 0.827. The Kier molecular flexibility index (Phi) is 5.75. The normalized spacial score (nSPS) is 11.1. The van der Waals surface area contributed by atoms with Crippen LogP contribution in [0.2, 0.25) is 0 Å². The zero-order valence-corrected chi connectivity index (χ0v) is 11.2. The smallest absolute Gasteiger partial charge is 0.0701 e. The van der Waals surface area contributed by atoms with E-state index in [-0.39, 0.29) is 0 Å². The molecule has 0 aliphatic rings. The van der Waals surface area contributed by atoms with Crippen molar-refractivity contribution < 1.29 is 0 Å². The third-order valence-corrected chi connectivity index (χ3v) is 3.69. The quantitative estimate of drug-likeness (QED) is 0.773. The van der Waals surface area contributed by atoms with Gasteiger partial charge in [0.2, 0.25) is 0 Å². The average Bonchev–Trinajstić information content (AvgIpc) is 2.50. The fourth-order valence-corrected chi connectivity index (χ4v) is 2.75. The van der Waals surface area contributed by atoms with E-state index in [1.54, 1.807) is 11.3 Å². The molecule has 0 fully saturated rings. The lowest BCUT2D eigenvalue weighted by Gasteiger charge is -2.05. The van der Waals surface area contributed by atoms with Gasteiger partial charge in [0.05, 0.1) is 3.79 Å². The first-order valence-corrected chi connectivity index (χ1v) is 6.74. The van der Waals surface area contributed by atoms with Crippen LogP contribution < -0.4 is 5.32 Å². The molecule has 0 aromatic carbocycles. The SMILES string of the molecule is CC(C)CCCNCc1ccc(Br)s1. The summed E-state index contributed by atoms with van der Waals surface area (Å²) in [5, 5.41) is 3.46. The van der Waals surface area contributed by atoms with Crippen LogP contribution in [0.3, 0.4) is 0 Å². The van der Waals surface area contributed by atoms with Crippen molar-refractivity contribution >= 4 is 27.3 Å². The molecule has 80 valence electrons. The van der Waals surface area contributed by atoms with Gasteiger partial charge in [0.25, 0.3) is 0 Å². The lowest BCUT2D eigenvalue weighted by atomic mass is 10.1. The van der Waals surface area contributed by atoms with Crippen LogP contribution in [0, 0.1) is 5.92 Å². The van der Waals surface area contributed by atoms with Crippen molar-refractivity contribution in [3.8, 4) is 0 Å². The highest BCUT2D eigenvalue weighted by Crippen LogP contribution is 2.21. The largest absolute Gasteiger partial charge is 0.312 e. The Balaban J connectivity index is 2.04. The molecule has 0 atom stereocenters. The minimum absolute atomic E-state index is 0.827. The van der Waals surface area contributed by atoms with Crippen molar-refractivity contribution in [3.05, 3.63) is 20.8 Å².